The topological polar surface area (TPSA) is 64.3 Å². The standard InChI is InChI=1S/C16H20N2O3/c1-10-17-13-8-11(15(19)20)4-5-14(13)18(10)12-6-7-21-16(2,3)9-12/h4-5,8,12H,6-7,9H2,1-3H3,(H,19,20). The number of nitrogens with zero attached hydrogens (tertiary/aromatic N) is 2. The zero-order valence-corrected chi connectivity index (χ0v) is 12.6. The van der Waals surface area contributed by atoms with Crippen molar-refractivity contribution in [2.75, 3.05) is 6.61 Å². The number of ether oxygens (including phenoxy) is 1. The second kappa shape index (κ2) is 4.84. The molecule has 2 heterocycles. The SMILES string of the molecule is Cc1nc2cc(C(=O)O)ccc2n1C1CCOC(C)(C)C1. The molecule has 1 unspecified atom stereocenters. The van der Waals surface area contributed by atoms with Crippen molar-refractivity contribution in [3.05, 3.63) is 29.6 Å². The minimum Gasteiger partial charge on any atom is -0.478 e. The van der Waals surface area contributed by atoms with Crippen LogP contribution < -0.4 is 0 Å². The van der Waals surface area contributed by atoms with E-state index in [4.69, 9.17) is 9.84 Å². The monoisotopic (exact) mass is 288 g/mol. The molecular weight excluding hydrogens is 268 g/mol. The quantitative estimate of drug-likeness (QED) is 0.921. The number of carboxylic acids is 1. The van der Waals surface area contributed by atoms with E-state index in [1.807, 2.05) is 13.0 Å². The van der Waals surface area contributed by atoms with E-state index in [9.17, 15) is 4.79 Å². The summed E-state index contributed by atoms with van der Waals surface area (Å²) in [6.45, 7) is 6.93. The Balaban J connectivity index is 2.06. The van der Waals surface area contributed by atoms with E-state index in [-0.39, 0.29) is 11.2 Å². The van der Waals surface area contributed by atoms with Crippen LogP contribution in [0.4, 0.5) is 0 Å². The van der Waals surface area contributed by atoms with Gasteiger partial charge in [-0.2, -0.15) is 0 Å². The zero-order chi connectivity index (χ0) is 15.2. The highest BCUT2D eigenvalue weighted by molar-refractivity contribution is 5.92. The Hall–Kier alpha value is -1.88. The first-order valence-electron chi connectivity index (χ1n) is 7.23. The van der Waals surface area contributed by atoms with Crippen LogP contribution in [0.5, 0.6) is 0 Å². The lowest BCUT2D eigenvalue weighted by molar-refractivity contribution is -0.0687. The molecule has 0 radical (unpaired) electrons. The van der Waals surface area contributed by atoms with Gasteiger partial charge in [-0.3, -0.25) is 0 Å². The summed E-state index contributed by atoms with van der Waals surface area (Å²) >= 11 is 0. The lowest BCUT2D eigenvalue weighted by Crippen LogP contribution is -2.35. The molecule has 1 aromatic carbocycles. The average Bonchev–Trinajstić information content (AvgIpc) is 2.72. The molecular formula is C16H20N2O3. The van der Waals surface area contributed by atoms with E-state index < -0.39 is 5.97 Å². The lowest BCUT2D eigenvalue weighted by atomic mass is 9.93. The number of aryl methyl sites for hydroxylation is 1. The third kappa shape index (κ3) is 2.53. The highest BCUT2D eigenvalue weighted by Gasteiger charge is 2.31. The number of rotatable bonds is 2. The summed E-state index contributed by atoms with van der Waals surface area (Å²) in [4.78, 5) is 15.6. The Labute approximate surface area is 123 Å². The molecule has 3 rings (SSSR count). The molecule has 0 amide bonds. The normalized spacial score (nSPS) is 21.6. The molecule has 0 bridgehead atoms. The number of imidazole rings is 1. The molecule has 21 heavy (non-hydrogen) atoms. The number of carbonyl (C=O) groups is 1. The van der Waals surface area contributed by atoms with Crippen molar-refractivity contribution in [1.29, 1.82) is 0 Å². The number of benzene rings is 1. The Morgan fingerprint density at radius 3 is 2.90 bits per heavy atom. The van der Waals surface area contributed by atoms with E-state index in [0.29, 0.717) is 6.04 Å². The van der Waals surface area contributed by atoms with E-state index in [2.05, 4.69) is 23.4 Å². The molecule has 5 heteroatoms. The molecule has 1 aliphatic heterocycles. The van der Waals surface area contributed by atoms with Crippen LogP contribution in [-0.2, 0) is 4.74 Å². The second-order valence-electron chi connectivity index (χ2n) is 6.29. The summed E-state index contributed by atoms with van der Waals surface area (Å²) in [5.41, 5.74) is 1.89. The van der Waals surface area contributed by atoms with Gasteiger partial charge >= 0.3 is 5.97 Å². The minimum atomic E-state index is -0.920. The molecule has 1 saturated heterocycles. The third-order valence-electron chi connectivity index (χ3n) is 4.15. The second-order valence-corrected chi connectivity index (χ2v) is 6.29. The predicted octanol–water partition coefficient (Wildman–Crippen LogP) is 3.17. The van der Waals surface area contributed by atoms with Crippen LogP contribution in [0.25, 0.3) is 11.0 Å². The number of aromatic carboxylic acids is 1. The van der Waals surface area contributed by atoms with Gasteiger partial charge in [0.1, 0.15) is 5.82 Å². The van der Waals surface area contributed by atoms with Crippen molar-refractivity contribution in [3.8, 4) is 0 Å². The van der Waals surface area contributed by atoms with E-state index in [1.165, 1.54) is 0 Å². The third-order valence-corrected chi connectivity index (χ3v) is 4.15. The van der Waals surface area contributed by atoms with Crippen LogP contribution in [0, 0.1) is 6.92 Å². The highest BCUT2D eigenvalue weighted by Crippen LogP contribution is 2.35. The van der Waals surface area contributed by atoms with E-state index in [1.54, 1.807) is 12.1 Å². The van der Waals surface area contributed by atoms with E-state index >= 15 is 0 Å². The fourth-order valence-electron chi connectivity index (χ4n) is 3.23. The number of hydrogen-bond donors (Lipinski definition) is 1. The Morgan fingerprint density at radius 2 is 2.24 bits per heavy atom. The molecule has 1 atom stereocenters. The summed E-state index contributed by atoms with van der Waals surface area (Å²) in [6.07, 6.45) is 1.89. The Morgan fingerprint density at radius 1 is 1.48 bits per heavy atom. The Kier molecular flexibility index (Phi) is 3.24. The minimum absolute atomic E-state index is 0.132. The first-order chi connectivity index (χ1) is 9.87. The van der Waals surface area contributed by atoms with Crippen molar-refractivity contribution in [2.45, 2.75) is 45.3 Å². The van der Waals surface area contributed by atoms with Crippen LogP contribution in [0.2, 0.25) is 0 Å². The molecule has 0 spiro atoms. The number of aromatic nitrogens is 2. The van der Waals surface area contributed by atoms with E-state index in [0.717, 1.165) is 36.3 Å². The predicted molar refractivity (Wildman–Crippen MR) is 79.7 cm³/mol. The maximum atomic E-state index is 11.1. The summed E-state index contributed by atoms with van der Waals surface area (Å²) in [6, 6.07) is 5.49. The van der Waals surface area contributed by atoms with Gasteiger partial charge in [0.15, 0.2) is 0 Å². The lowest BCUT2D eigenvalue weighted by Gasteiger charge is -2.36. The van der Waals surface area contributed by atoms with Crippen molar-refractivity contribution in [2.24, 2.45) is 0 Å². The fraction of sp³-hybridized carbons (Fsp3) is 0.500. The van der Waals surface area contributed by atoms with Gasteiger partial charge < -0.3 is 14.4 Å². The maximum Gasteiger partial charge on any atom is 0.335 e. The molecule has 2 aromatic rings. The Bertz CT molecular complexity index is 703. The molecule has 5 nitrogen and oxygen atoms in total. The number of hydrogen-bond acceptors (Lipinski definition) is 3. The average molecular weight is 288 g/mol. The van der Waals surface area contributed by atoms with Gasteiger partial charge in [-0.1, -0.05) is 0 Å². The molecule has 1 N–H and O–H groups in total. The zero-order valence-electron chi connectivity index (χ0n) is 12.6. The molecule has 1 aliphatic rings. The van der Waals surface area contributed by atoms with Crippen molar-refractivity contribution in [1.82, 2.24) is 9.55 Å². The highest BCUT2D eigenvalue weighted by atomic mass is 16.5. The molecule has 0 saturated carbocycles. The number of fused-ring (bicyclic) bond motifs is 1. The van der Waals surface area contributed by atoms with Crippen molar-refractivity contribution in [3.63, 3.8) is 0 Å². The maximum absolute atomic E-state index is 11.1. The van der Waals surface area contributed by atoms with Crippen LogP contribution >= 0.6 is 0 Å². The van der Waals surface area contributed by atoms with Crippen molar-refractivity contribution < 1.29 is 14.6 Å². The summed E-state index contributed by atoms with van der Waals surface area (Å²) in [7, 11) is 0. The first-order valence-corrected chi connectivity index (χ1v) is 7.23. The van der Waals surface area contributed by atoms with Crippen molar-refractivity contribution >= 4 is 17.0 Å². The molecule has 1 aromatic heterocycles. The molecule has 112 valence electrons. The smallest absolute Gasteiger partial charge is 0.335 e. The van der Waals surface area contributed by atoms with Gasteiger partial charge in [0.2, 0.25) is 0 Å². The number of carboxylic acid groups (broad SMARTS) is 1. The van der Waals surface area contributed by atoms with Gasteiger partial charge in [0.25, 0.3) is 0 Å². The van der Waals surface area contributed by atoms with Crippen LogP contribution in [0.15, 0.2) is 18.2 Å². The van der Waals surface area contributed by atoms with Gasteiger partial charge in [-0.25, -0.2) is 9.78 Å². The van der Waals surface area contributed by atoms with Gasteiger partial charge in [-0.05, 0) is 51.8 Å². The van der Waals surface area contributed by atoms with Gasteiger partial charge in [-0.15, -0.1) is 0 Å². The molecule has 0 aliphatic carbocycles. The van der Waals surface area contributed by atoms with Gasteiger partial charge in [0, 0.05) is 12.6 Å². The fourth-order valence-corrected chi connectivity index (χ4v) is 3.23. The summed E-state index contributed by atoms with van der Waals surface area (Å²) in [5.74, 6) is 0.00606. The summed E-state index contributed by atoms with van der Waals surface area (Å²) in [5, 5.41) is 9.09. The molecule has 1 fully saturated rings. The van der Waals surface area contributed by atoms with Crippen LogP contribution in [0.3, 0.4) is 0 Å². The van der Waals surface area contributed by atoms with Crippen LogP contribution in [-0.4, -0.2) is 32.8 Å². The van der Waals surface area contributed by atoms with Crippen LogP contribution in [0.1, 0.15) is 48.9 Å². The summed E-state index contributed by atoms with van der Waals surface area (Å²) < 4.78 is 8.01. The van der Waals surface area contributed by atoms with Gasteiger partial charge in [0.05, 0.1) is 22.2 Å². The largest absolute Gasteiger partial charge is 0.478 e. The first kappa shape index (κ1) is 14.1.